The normalized spacial score (nSPS) is 10.3. The minimum atomic E-state index is -0.452. The Bertz CT molecular complexity index is 357. The molecular formula is C9H11ClN2O3. The van der Waals surface area contributed by atoms with E-state index in [1.54, 1.807) is 6.07 Å². The second-order valence-electron chi connectivity index (χ2n) is 2.93. The predicted molar refractivity (Wildman–Crippen MR) is 56.9 cm³/mol. The maximum atomic E-state index is 10.7. The molecule has 0 aliphatic carbocycles. The quantitative estimate of drug-likeness (QED) is 0.455. The van der Waals surface area contributed by atoms with Gasteiger partial charge in [-0.1, -0.05) is 11.6 Å². The fraction of sp³-hybridized carbons (Fsp3) is 0.333. The monoisotopic (exact) mass is 230 g/mol. The zero-order valence-electron chi connectivity index (χ0n) is 7.94. The number of nitrogens with one attached hydrogen (secondary N) is 1. The van der Waals surface area contributed by atoms with Crippen LogP contribution in [0.5, 0.6) is 0 Å². The highest BCUT2D eigenvalue weighted by molar-refractivity contribution is 6.30. The number of nitro benzene ring substituents is 1. The highest BCUT2D eigenvalue weighted by Crippen LogP contribution is 2.22. The molecule has 0 saturated heterocycles. The number of rotatable bonds is 5. The molecule has 0 unspecified atom stereocenters. The lowest BCUT2D eigenvalue weighted by molar-refractivity contribution is -0.385. The third-order valence-electron chi connectivity index (χ3n) is 1.84. The van der Waals surface area contributed by atoms with E-state index < -0.39 is 4.92 Å². The number of nitro groups is 1. The molecule has 6 heteroatoms. The molecule has 15 heavy (non-hydrogen) atoms. The number of aliphatic hydroxyl groups is 1. The van der Waals surface area contributed by atoms with Gasteiger partial charge in [-0.25, -0.2) is 0 Å². The van der Waals surface area contributed by atoms with Crippen LogP contribution in [0.4, 0.5) is 5.69 Å². The van der Waals surface area contributed by atoms with E-state index in [-0.39, 0.29) is 12.3 Å². The van der Waals surface area contributed by atoms with Gasteiger partial charge in [-0.3, -0.25) is 10.1 Å². The van der Waals surface area contributed by atoms with Gasteiger partial charge < -0.3 is 10.4 Å². The second-order valence-corrected chi connectivity index (χ2v) is 3.37. The summed E-state index contributed by atoms with van der Waals surface area (Å²) in [6.45, 7) is 0.704. The van der Waals surface area contributed by atoms with Gasteiger partial charge >= 0.3 is 0 Å². The number of benzene rings is 1. The Kier molecular flexibility index (Phi) is 4.48. The molecule has 1 aromatic rings. The topological polar surface area (TPSA) is 75.4 Å². The highest BCUT2D eigenvalue weighted by atomic mass is 35.5. The second kappa shape index (κ2) is 5.65. The SMILES string of the molecule is O=[N+]([O-])c1ccc(Cl)cc1CNCCO. The van der Waals surface area contributed by atoms with Crippen molar-refractivity contribution in [2.45, 2.75) is 6.54 Å². The molecule has 1 rings (SSSR count). The molecular weight excluding hydrogens is 220 g/mol. The van der Waals surface area contributed by atoms with E-state index in [1.165, 1.54) is 12.1 Å². The van der Waals surface area contributed by atoms with Gasteiger partial charge in [0, 0.05) is 29.7 Å². The molecule has 0 spiro atoms. The van der Waals surface area contributed by atoms with Crippen molar-refractivity contribution in [3.63, 3.8) is 0 Å². The average molecular weight is 231 g/mol. The summed E-state index contributed by atoms with van der Waals surface area (Å²) in [6.07, 6.45) is 0. The molecule has 82 valence electrons. The van der Waals surface area contributed by atoms with Gasteiger partial charge in [-0.05, 0) is 12.1 Å². The molecule has 0 radical (unpaired) electrons. The molecule has 5 nitrogen and oxygen atoms in total. The standard InChI is InChI=1S/C9H11ClN2O3/c10-8-1-2-9(12(14)15)7(5-8)6-11-3-4-13/h1-2,5,11,13H,3-4,6H2. The fourth-order valence-electron chi connectivity index (χ4n) is 1.18. The Morgan fingerprint density at radius 1 is 1.53 bits per heavy atom. The van der Waals surface area contributed by atoms with Crippen molar-refractivity contribution >= 4 is 17.3 Å². The van der Waals surface area contributed by atoms with Crippen molar-refractivity contribution in [3.05, 3.63) is 38.9 Å². The van der Waals surface area contributed by atoms with Crippen LogP contribution >= 0.6 is 11.6 Å². The average Bonchev–Trinajstić information content (AvgIpc) is 2.18. The van der Waals surface area contributed by atoms with Gasteiger partial charge in [0.1, 0.15) is 0 Å². The first-order chi connectivity index (χ1) is 7.15. The Morgan fingerprint density at radius 2 is 2.27 bits per heavy atom. The van der Waals surface area contributed by atoms with E-state index >= 15 is 0 Å². The maximum Gasteiger partial charge on any atom is 0.273 e. The third kappa shape index (κ3) is 3.47. The Labute approximate surface area is 91.8 Å². The van der Waals surface area contributed by atoms with E-state index in [0.717, 1.165) is 0 Å². The van der Waals surface area contributed by atoms with E-state index in [0.29, 0.717) is 23.7 Å². The largest absolute Gasteiger partial charge is 0.395 e. The molecule has 0 atom stereocenters. The molecule has 0 aromatic heterocycles. The summed E-state index contributed by atoms with van der Waals surface area (Å²) < 4.78 is 0. The van der Waals surface area contributed by atoms with E-state index in [4.69, 9.17) is 16.7 Å². The molecule has 0 saturated carbocycles. The van der Waals surface area contributed by atoms with Crippen LogP contribution in [0.15, 0.2) is 18.2 Å². The van der Waals surface area contributed by atoms with Crippen LogP contribution in [0.1, 0.15) is 5.56 Å². The minimum absolute atomic E-state index is 0.00559. The number of hydrogen-bond donors (Lipinski definition) is 2. The summed E-state index contributed by atoms with van der Waals surface area (Å²) in [5, 5.41) is 22.5. The van der Waals surface area contributed by atoms with E-state index in [2.05, 4.69) is 5.32 Å². The molecule has 0 bridgehead atoms. The molecule has 0 amide bonds. The van der Waals surface area contributed by atoms with Crippen LogP contribution in [-0.2, 0) is 6.54 Å². The third-order valence-corrected chi connectivity index (χ3v) is 2.08. The number of nitrogens with zero attached hydrogens (tertiary/aromatic N) is 1. The van der Waals surface area contributed by atoms with Gasteiger partial charge in [0.25, 0.3) is 5.69 Å². The lowest BCUT2D eigenvalue weighted by atomic mass is 10.2. The van der Waals surface area contributed by atoms with Crippen molar-refractivity contribution in [1.29, 1.82) is 0 Å². The molecule has 1 aromatic carbocycles. The summed E-state index contributed by atoms with van der Waals surface area (Å²) in [5.74, 6) is 0. The first-order valence-electron chi connectivity index (χ1n) is 4.39. The van der Waals surface area contributed by atoms with Gasteiger partial charge in [0.15, 0.2) is 0 Å². The number of aliphatic hydroxyl groups excluding tert-OH is 1. The van der Waals surface area contributed by atoms with E-state index in [9.17, 15) is 10.1 Å². The zero-order valence-corrected chi connectivity index (χ0v) is 8.70. The first kappa shape index (κ1) is 11.9. The zero-order chi connectivity index (χ0) is 11.3. The summed E-state index contributed by atoms with van der Waals surface area (Å²) >= 11 is 5.73. The smallest absolute Gasteiger partial charge is 0.273 e. The molecule has 0 heterocycles. The summed E-state index contributed by atoms with van der Waals surface area (Å²) in [5.41, 5.74) is 0.547. The number of hydrogen-bond acceptors (Lipinski definition) is 4. The lowest BCUT2D eigenvalue weighted by Gasteiger charge is -2.04. The Balaban J connectivity index is 2.82. The van der Waals surface area contributed by atoms with Crippen molar-refractivity contribution < 1.29 is 10.0 Å². The van der Waals surface area contributed by atoms with E-state index in [1.807, 2.05) is 0 Å². The van der Waals surface area contributed by atoms with Crippen LogP contribution in [0.2, 0.25) is 5.02 Å². The van der Waals surface area contributed by atoms with Crippen LogP contribution in [0.25, 0.3) is 0 Å². The molecule has 2 N–H and O–H groups in total. The Hall–Kier alpha value is -1.17. The van der Waals surface area contributed by atoms with Crippen LogP contribution in [0.3, 0.4) is 0 Å². The van der Waals surface area contributed by atoms with Crippen molar-refractivity contribution in [3.8, 4) is 0 Å². The first-order valence-corrected chi connectivity index (χ1v) is 4.77. The van der Waals surface area contributed by atoms with Gasteiger partial charge in [-0.15, -0.1) is 0 Å². The van der Waals surface area contributed by atoms with Crippen molar-refractivity contribution in [2.75, 3.05) is 13.2 Å². The number of halogens is 1. The van der Waals surface area contributed by atoms with Crippen molar-refractivity contribution in [2.24, 2.45) is 0 Å². The summed E-state index contributed by atoms with van der Waals surface area (Å²) in [7, 11) is 0. The minimum Gasteiger partial charge on any atom is -0.395 e. The molecule has 0 aliphatic rings. The van der Waals surface area contributed by atoms with Crippen LogP contribution in [0, 0.1) is 10.1 Å². The molecule has 0 fully saturated rings. The fourth-order valence-corrected chi connectivity index (χ4v) is 1.37. The van der Waals surface area contributed by atoms with Gasteiger partial charge in [-0.2, -0.15) is 0 Å². The predicted octanol–water partition coefficient (Wildman–Crippen LogP) is 1.33. The highest BCUT2D eigenvalue weighted by Gasteiger charge is 2.12. The van der Waals surface area contributed by atoms with Crippen LogP contribution in [-0.4, -0.2) is 23.2 Å². The summed E-state index contributed by atoms with van der Waals surface area (Å²) in [6, 6.07) is 4.40. The van der Waals surface area contributed by atoms with Crippen molar-refractivity contribution in [1.82, 2.24) is 5.32 Å². The maximum absolute atomic E-state index is 10.7. The van der Waals surface area contributed by atoms with Crippen LogP contribution < -0.4 is 5.32 Å². The summed E-state index contributed by atoms with van der Waals surface area (Å²) in [4.78, 5) is 10.2. The Morgan fingerprint density at radius 3 is 2.87 bits per heavy atom. The van der Waals surface area contributed by atoms with Gasteiger partial charge in [0.05, 0.1) is 11.5 Å². The van der Waals surface area contributed by atoms with Gasteiger partial charge in [0.2, 0.25) is 0 Å². The lowest BCUT2D eigenvalue weighted by Crippen LogP contribution is -2.18. The molecule has 0 aliphatic heterocycles.